The summed E-state index contributed by atoms with van der Waals surface area (Å²) < 4.78 is 1.92. The topological polar surface area (TPSA) is 46.5 Å². The molecule has 2 aromatic heterocycles. The van der Waals surface area contributed by atoms with Crippen LogP contribution < -0.4 is 0 Å². The van der Waals surface area contributed by atoms with E-state index in [4.69, 9.17) is 0 Å². The molecule has 0 spiro atoms. The highest BCUT2D eigenvalue weighted by Gasteiger charge is 2.02. The van der Waals surface area contributed by atoms with E-state index in [2.05, 4.69) is 15.0 Å². The molecule has 2 aromatic rings. The maximum Gasteiger partial charge on any atom is 0.175 e. The highest BCUT2D eigenvalue weighted by molar-refractivity contribution is 5.42. The predicted octanol–water partition coefficient (Wildman–Crippen LogP) is 0.810. The Morgan fingerprint density at radius 3 is 2.82 bits per heavy atom. The fourth-order valence-corrected chi connectivity index (χ4v) is 0.981. The van der Waals surface area contributed by atoms with Crippen molar-refractivity contribution in [2.75, 3.05) is 0 Å². The van der Waals surface area contributed by atoms with Crippen molar-refractivity contribution in [3.05, 3.63) is 24.8 Å². The average Bonchev–Trinajstić information content (AvgIpc) is 2.55. The fraction of sp³-hybridized carbons (Fsp3) is 0.143. The van der Waals surface area contributed by atoms with Gasteiger partial charge in [-0.3, -0.25) is 0 Å². The van der Waals surface area contributed by atoms with Crippen LogP contribution in [0.1, 0.15) is 0 Å². The van der Waals surface area contributed by atoms with Gasteiger partial charge in [-0.05, 0) is 0 Å². The minimum Gasteiger partial charge on any atom is -0.342 e. The van der Waals surface area contributed by atoms with Crippen molar-refractivity contribution in [1.82, 2.24) is 19.5 Å². The Bertz CT molecular complexity index is 333. The van der Waals surface area contributed by atoms with Gasteiger partial charge in [-0.15, -0.1) is 0 Å². The summed E-state index contributed by atoms with van der Waals surface area (Å²) in [5, 5.41) is 0. The van der Waals surface area contributed by atoms with Crippen LogP contribution in [-0.4, -0.2) is 19.5 Å². The van der Waals surface area contributed by atoms with E-state index in [0.717, 1.165) is 11.6 Å². The summed E-state index contributed by atoms with van der Waals surface area (Å²) in [6, 6.07) is 0. The van der Waals surface area contributed by atoms with Gasteiger partial charge in [0.2, 0.25) is 0 Å². The molecule has 2 heterocycles. The van der Waals surface area contributed by atoms with E-state index in [-0.39, 0.29) is 0 Å². The summed E-state index contributed by atoms with van der Waals surface area (Å²) in [4.78, 5) is 11.2. The number of aryl methyl sites for hydroxylation is 1. The lowest BCUT2D eigenvalue weighted by molar-refractivity contribution is 0.912. The minimum atomic E-state index is 0.803. The molecule has 56 valence electrons. The third kappa shape index (κ3) is 0.920. The number of nitrogens with zero attached hydrogens (tertiary/aromatic N) is 3. The zero-order valence-electron chi connectivity index (χ0n) is 6.15. The molecule has 0 bridgehead atoms. The van der Waals surface area contributed by atoms with Crippen LogP contribution in [0.3, 0.4) is 0 Å². The van der Waals surface area contributed by atoms with E-state index in [1.54, 1.807) is 18.6 Å². The first-order valence-electron chi connectivity index (χ1n) is 3.35. The SMILES string of the molecule is Cn1ccnc1-c1ncc[nH]1. The molecule has 0 fully saturated rings. The highest BCUT2D eigenvalue weighted by Crippen LogP contribution is 2.08. The van der Waals surface area contributed by atoms with Gasteiger partial charge in [0.25, 0.3) is 0 Å². The average molecular weight is 148 g/mol. The van der Waals surface area contributed by atoms with E-state index in [9.17, 15) is 0 Å². The maximum absolute atomic E-state index is 4.13. The monoisotopic (exact) mass is 148 g/mol. The molecule has 0 amide bonds. The number of H-pyrrole nitrogens is 1. The van der Waals surface area contributed by atoms with Crippen LogP contribution >= 0.6 is 0 Å². The molecule has 0 atom stereocenters. The Morgan fingerprint density at radius 1 is 1.36 bits per heavy atom. The largest absolute Gasteiger partial charge is 0.342 e. The van der Waals surface area contributed by atoms with Crippen LogP contribution in [0, 0.1) is 0 Å². The van der Waals surface area contributed by atoms with Gasteiger partial charge < -0.3 is 9.55 Å². The summed E-state index contributed by atoms with van der Waals surface area (Å²) in [5.41, 5.74) is 0. The third-order valence-electron chi connectivity index (χ3n) is 1.53. The van der Waals surface area contributed by atoms with Crippen LogP contribution in [0.5, 0.6) is 0 Å². The third-order valence-corrected chi connectivity index (χ3v) is 1.53. The van der Waals surface area contributed by atoms with Gasteiger partial charge in [-0.2, -0.15) is 0 Å². The van der Waals surface area contributed by atoms with Crippen molar-refractivity contribution in [3.8, 4) is 11.6 Å². The summed E-state index contributed by atoms with van der Waals surface area (Å²) >= 11 is 0. The molecule has 0 saturated carbocycles. The molecule has 0 aliphatic rings. The first-order chi connectivity index (χ1) is 5.38. The quantitative estimate of drug-likeness (QED) is 0.650. The molecule has 0 aromatic carbocycles. The van der Waals surface area contributed by atoms with E-state index >= 15 is 0 Å². The fourth-order valence-electron chi connectivity index (χ4n) is 0.981. The van der Waals surface area contributed by atoms with Crippen LogP contribution in [-0.2, 0) is 7.05 Å². The second-order valence-electron chi connectivity index (χ2n) is 2.30. The van der Waals surface area contributed by atoms with Gasteiger partial charge in [0.05, 0.1) is 0 Å². The number of nitrogens with one attached hydrogen (secondary N) is 1. The molecule has 0 aliphatic heterocycles. The van der Waals surface area contributed by atoms with Crippen molar-refractivity contribution in [3.63, 3.8) is 0 Å². The van der Waals surface area contributed by atoms with Crippen LogP contribution in [0.15, 0.2) is 24.8 Å². The molecular formula is C7H8N4. The number of hydrogen-bond acceptors (Lipinski definition) is 2. The molecule has 1 N–H and O–H groups in total. The van der Waals surface area contributed by atoms with Gasteiger partial charge in [0.15, 0.2) is 11.6 Å². The van der Waals surface area contributed by atoms with Crippen LogP contribution in [0.4, 0.5) is 0 Å². The van der Waals surface area contributed by atoms with Gasteiger partial charge >= 0.3 is 0 Å². The molecule has 4 heteroatoms. The van der Waals surface area contributed by atoms with Crippen molar-refractivity contribution in [2.45, 2.75) is 0 Å². The maximum atomic E-state index is 4.13. The highest BCUT2D eigenvalue weighted by atomic mass is 15.1. The standard InChI is InChI=1S/C7H8N4/c1-11-5-4-10-7(11)6-8-2-3-9-6/h2-5H,1H3,(H,8,9). The number of aromatic amines is 1. The Kier molecular flexibility index (Phi) is 1.25. The lowest BCUT2D eigenvalue weighted by Gasteiger charge is -1.94. The van der Waals surface area contributed by atoms with Gasteiger partial charge in [0.1, 0.15) is 0 Å². The second-order valence-corrected chi connectivity index (χ2v) is 2.30. The second kappa shape index (κ2) is 2.23. The lowest BCUT2D eigenvalue weighted by Crippen LogP contribution is -1.92. The number of aromatic nitrogens is 4. The van der Waals surface area contributed by atoms with Gasteiger partial charge in [-0.25, -0.2) is 9.97 Å². The molecule has 4 nitrogen and oxygen atoms in total. The first kappa shape index (κ1) is 6.15. The zero-order valence-corrected chi connectivity index (χ0v) is 6.15. The zero-order chi connectivity index (χ0) is 7.68. The minimum absolute atomic E-state index is 0.803. The van der Waals surface area contributed by atoms with E-state index in [0.29, 0.717) is 0 Å². The predicted molar refractivity (Wildman–Crippen MR) is 40.8 cm³/mol. The Labute approximate surface area is 63.9 Å². The van der Waals surface area contributed by atoms with Crippen molar-refractivity contribution >= 4 is 0 Å². The Balaban J connectivity index is 2.53. The summed E-state index contributed by atoms with van der Waals surface area (Å²) in [5.74, 6) is 1.66. The van der Waals surface area contributed by atoms with Crippen molar-refractivity contribution < 1.29 is 0 Å². The molecule has 0 radical (unpaired) electrons. The van der Waals surface area contributed by atoms with Crippen molar-refractivity contribution in [1.29, 1.82) is 0 Å². The molecule has 2 rings (SSSR count). The van der Waals surface area contributed by atoms with E-state index < -0.39 is 0 Å². The Morgan fingerprint density at radius 2 is 2.27 bits per heavy atom. The van der Waals surface area contributed by atoms with Crippen LogP contribution in [0.25, 0.3) is 11.6 Å². The normalized spacial score (nSPS) is 10.3. The molecular weight excluding hydrogens is 140 g/mol. The first-order valence-corrected chi connectivity index (χ1v) is 3.35. The van der Waals surface area contributed by atoms with Gasteiger partial charge in [-0.1, -0.05) is 0 Å². The van der Waals surface area contributed by atoms with E-state index in [1.807, 2.05) is 17.8 Å². The molecule has 0 unspecified atom stereocenters. The number of imidazole rings is 2. The number of rotatable bonds is 1. The lowest BCUT2D eigenvalue weighted by atomic mass is 10.6. The summed E-state index contributed by atoms with van der Waals surface area (Å²) in [6.45, 7) is 0. The summed E-state index contributed by atoms with van der Waals surface area (Å²) in [6.07, 6.45) is 7.13. The smallest absolute Gasteiger partial charge is 0.175 e. The summed E-state index contributed by atoms with van der Waals surface area (Å²) in [7, 11) is 1.94. The van der Waals surface area contributed by atoms with Crippen LogP contribution in [0.2, 0.25) is 0 Å². The Hall–Kier alpha value is -1.58. The molecule has 11 heavy (non-hydrogen) atoms. The van der Waals surface area contributed by atoms with E-state index in [1.165, 1.54) is 0 Å². The van der Waals surface area contributed by atoms with Gasteiger partial charge in [0, 0.05) is 31.8 Å². The molecule has 0 saturated heterocycles. The molecule has 0 aliphatic carbocycles. The number of hydrogen-bond donors (Lipinski definition) is 1. The van der Waals surface area contributed by atoms with Crippen molar-refractivity contribution in [2.24, 2.45) is 7.05 Å².